The molecule has 0 aliphatic carbocycles. The SMILES string of the molecule is CN(Cc1csc(C#CCO)c1)C(=O)N1CCCCC1. The standard InChI is InChI=1S/C15H20N2O2S/c1-16(15(19)17-7-3-2-4-8-17)11-13-10-14(20-12-13)6-5-9-18/h10,12,18H,2-4,7-9,11H2,1H3. The molecule has 0 bridgehead atoms. The van der Waals surface area contributed by atoms with Gasteiger partial charge in [0.1, 0.15) is 6.61 Å². The minimum atomic E-state index is -0.124. The van der Waals surface area contributed by atoms with Crippen molar-refractivity contribution in [3.8, 4) is 11.8 Å². The first-order chi connectivity index (χ1) is 9.70. The summed E-state index contributed by atoms with van der Waals surface area (Å²) in [7, 11) is 1.84. The Kier molecular flexibility index (Phi) is 5.45. The number of urea groups is 1. The molecule has 1 aromatic heterocycles. The number of amides is 2. The summed E-state index contributed by atoms with van der Waals surface area (Å²) in [6, 6.07) is 2.09. The topological polar surface area (TPSA) is 43.8 Å². The zero-order valence-electron chi connectivity index (χ0n) is 11.8. The van der Waals surface area contributed by atoms with Crippen LogP contribution >= 0.6 is 11.3 Å². The first-order valence-corrected chi connectivity index (χ1v) is 7.76. The lowest BCUT2D eigenvalue weighted by atomic mass is 10.1. The van der Waals surface area contributed by atoms with E-state index in [-0.39, 0.29) is 12.6 Å². The summed E-state index contributed by atoms with van der Waals surface area (Å²) in [5.74, 6) is 5.52. The molecule has 1 fully saturated rings. The summed E-state index contributed by atoms with van der Waals surface area (Å²) >= 11 is 1.54. The molecule has 1 N–H and O–H groups in total. The van der Waals surface area contributed by atoms with E-state index in [1.165, 1.54) is 6.42 Å². The van der Waals surface area contributed by atoms with Gasteiger partial charge in [-0.25, -0.2) is 4.79 Å². The van der Waals surface area contributed by atoms with Crippen molar-refractivity contribution in [2.24, 2.45) is 0 Å². The molecule has 2 rings (SSSR count). The van der Waals surface area contributed by atoms with Gasteiger partial charge in [0.2, 0.25) is 0 Å². The number of thiophene rings is 1. The number of hydrogen-bond donors (Lipinski definition) is 1. The molecular formula is C15H20N2O2S. The number of rotatable bonds is 2. The number of aliphatic hydroxyl groups excluding tert-OH is 1. The second kappa shape index (κ2) is 7.32. The molecule has 0 unspecified atom stereocenters. The van der Waals surface area contributed by atoms with Crippen LogP contribution < -0.4 is 0 Å². The summed E-state index contributed by atoms with van der Waals surface area (Å²) in [5, 5.41) is 10.7. The Balaban J connectivity index is 1.91. The molecule has 0 saturated carbocycles. The number of aliphatic hydroxyl groups is 1. The fourth-order valence-electron chi connectivity index (χ4n) is 2.32. The molecule has 0 radical (unpaired) electrons. The molecule has 4 nitrogen and oxygen atoms in total. The minimum absolute atomic E-state index is 0.110. The van der Waals surface area contributed by atoms with E-state index in [0.29, 0.717) is 6.54 Å². The van der Waals surface area contributed by atoms with Gasteiger partial charge >= 0.3 is 6.03 Å². The van der Waals surface area contributed by atoms with Crippen LogP contribution in [0.15, 0.2) is 11.4 Å². The first kappa shape index (κ1) is 14.9. The van der Waals surface area contributed by atoms with Gasteiger partial charge in [-0.3, -0.25) is 0 Å². The van der Waals surface area contributed by atoms with E-state index < -0.39 is 0 Å². The van der Waals surface area contributed by atoms with Crippen molar-refractivity contribution >= 4 is 17.4 Å². The average molecular weight is 292 g/mol. The third-order valence-electron chi connectivity index (χ3n) is 3.32. The van der Waals surface area contributed by atoms with E-state index in [2.05, 4.69) is 11.8 Å². The second-order valence-electron chi connectivity index (χ2n) is 4.97. The Morgan fingerprint density at radius 3 is 2.90 bits per heavy atom. The number of hydrogen-bond acceptors (Lipinski definition) is 3. The van der Waals surface area contributed by atoms with Gasteiger partial charge in [-0.1, -0.05) is 11.8 Å². The van der Waals surface area contributed by atoms with Crippen LogP contribution in [0.3, 0.4) is 0 Å². The fraction of sp³-hybridized carbons (Fsp3) is 0.533. The van der Waals surface area contributed by atoms with E-state index in [1.807, 2.05) is 23.4 Å². The maximum atomic E-state index is 12.3. The van der Waals surface area contributed by atoms with E-state index in [1.54, 1.807) is 16.2 Å². The molecule has 2 amide bonds. The monoisotopic (exact) mass is 292 g/mol. The molecule has 0 atom stereocenters. The van der Waals surface area contributed by atoms with Gasteiger partial charge in [0.15, 0.2) is 0 Å². The number of piperidine rings is 1. The van der Waals surface area contributed by atoms with E-state index >= 15 is 0 Å². The van der Waals surface area contributed by atoms with Crippen molar-refractivity contribution in [2.75, 3.05) is 26.7 Å². The summed E-state index contributed by atoms with van der Waals surface area (Å²) in [4.78, 5) is 16.9. The van der Waals surface area contributed by atoms with Gasteiger partial charge in [0.25, 0.3) is 0 Å². The van der Waals surface area contributed by atoms with Crippen LogP contribution in [0, 0.1) is 11.8 Å². The van der Waals surface area contributed by atoms with Crippen molar-refractivity contribution in [2.45, 2.75) is 25.8 Å². The molecule has 1 saturated heterocycles. The normalized spacial score (nSPS) is 14.6. The number of carbonyl (C=O) groups excluding carboxylic acids is 1. The Hall–Kier alpha value is -1.51. The van der Waals surface area contributed by atoms with Crippen molar-refractivity contribution in [3.63, 3.8) is 0 Å². The van der Waals surface area contributed by atoms with Crippen molar-refractivity contribution < 1.29 is 9.90 Å². The Labute approximate surface area is 124 Å². The van der Waals surface area contributed by atoms with Crippen LogP contribution in [-0.2, 0) is 6.54 Å². The van der Waals surface area contributed by atoms with Gasteiger partial charge in [-0.05, 0) is 36.3 Å². The van der Waals surface area contributed by atoms with Crippen LogP contribution in [0.25, 0.3) is 0 Å². The highest BCUT2D eigenvalue weighted by Crippen LogP contribution is 2.17. The summed E-state index contributed by atoms with van der Waals surface area (Å²) in [5.41, 5.74) is 1.09. The lowest BCUT2D eigenvalue weighted by molar-refractivity contribution is 0.151. The lowest BCUT2D eigenvalue weighted by Crippen LogP contribution is -2.43. The second-order valence-corrected chi connectivity index (χ2v) is 5.88. The molecule has 1 aliphatic rings. The highest BCUT2D eigenvalue weighted by Gasteiger charge is 2.20. The molecule has 5 heteroatoms. The van der Waals surface area contributed by atoms with Crippen molar-refractivity contribution in [3.05, 3.63) is 21.9 Å². The minimum Gasteiger partial charge on any atom is -0.384 e. The van der Waals surface area contributed by atoms with Gasteiger partial charge in [-0.15, -0.1) is 11.3 Å². The molecule has 1 aliphatic heterocycles. The van der Waals surface area contributed by atoms with E-state index in [0.717, 1.165) is 36.4 Å². The van der Waals surface area contributed by atoms with Crippen molar-refractivity contribution in [1.82, 2.24) is 9.80 Å². The molecule has 20 heavy (non-hydrogen) atoms. The predicted molar refractivity (Wildman–Crippen MR) is 80.6 cm³/mol. The van der Waals surface area contributed by atoms with E-state index in [9.17, 15) is 4.79 Å². The summed E-state index contributed by atoms with van der Waals surface area (Å²) in [6.07, 6.45) is 3.45. The average Bonchev–Trinajstić information content (AvgIpc) is 2.92. The highest BCUT2D eigenvalue weighted by atomic mass is 32.1. The third kappa shape index (κ3) is 3.99. The quantitative estimate of drug-likeness (QED) is 0.849. The highest BCUT2D eigenvalue weighted by molar-refractivity contribution is 7.10. The zero-order valence-corrected chi connectivity index (χ0v) is 12.6. The summed E-state index contributed by atoms with van der Waals surface area (Å²) in [6.45, 7) is 2.23. The van der Waals surface area contributed by atoms with Crippen LogP contribution in [-0.4, -0.2) is 47.7 Å². The Morgan fingerprint density at radius 2 is 2.20 bits per heavy atom. The van der Waals surface area contributed by atoms with Gasteiger partial charge in [0.05, 0.1) is 4.88 Å². The summed E-state index contributed by atoms with van der Waals surface area (Å²) < 4.78 is 0. The lowest BCUT2D eigenvalue weighted by Gasteiger charge is -2.30. The molecule has 2 heterocycles. The van der Waals surface area contributed by atoms with Gasteiger partial charge < -0.3 is 14.9 Å². The van der Waals surface area contributed by atoms with Gasteiger partial charge in [0, 0.05) is 26.7 Å². The predicted octanol–water partition coefficient (Wildman–Crippen LogP) is 2.13. The number of carbonyl (C=O) groups is 1. The van der Waals surface area contributed by atoms with Crippen LogP contribution in [0.1, 0.15) is 29.7 Å². The number of likely N-dealkylation sites (tertiary alicyclic amines) is 1. The molecule has 0 spiro atoms. The molecule has 0 aromatic carbocycles. The third-order valence-corrected chi connectivity index (χ3v) is 4.21. The van der Waals surface area contributed by atoms with Crippen LogP contribution in [0.5, 0.6) is 0 Å². The Bertz CT molecular complexity index is 509. The Morgan fingerprint density at radius 1 is 1.45 bits per heavy atom. The largest absolute Gasteiger partial charge is 0.384 e. The maximum absolute atomic E-state index is 12.3. The zero-order chi connectivity index (χ0) is 14.4. The number of nitrogens with zero attached hydrogens (tertiary/aromatic N) is 2. The first-order valence-electron chi connectivity index (χ1n) is 6.88. The van der Waals surface area contributed by atoms with Crippen molar-refractivity contribution in [1.29, 1.82) is 0 Å². The smallest absolute Gasteiger partial charge is 0.320 e. The molecular weight excluding hydrogens is 272 g/mol. The van der Waals surface area contributed by atoms with Crippen LogP contribution in [0.4, 0.5) is 4.79 Å². The van der Waals surface area contributed by atoms with Crippen LogP contribution in [0.2, 0.25) is 0 Å². The van der Waals surface area contributed by atoms with Gasteiger partial charge in [-0.2, -0.15) is 0 Å². The molecule has 108 valence electrons. The maximum Gasteiger partial charge on any atom is 0.320 e. The fourth-order valence-corrected chi connectivity index (χ4v) is 3.09. The molecule has 1 aromatic rings. The van der Waals surface area contributed by atoms with E-state index in [4.69, 9.17) is 5.11 Å².